The molecule has 3 rings (SSSR count). The molecular weight excluding hydrogens is 318 g/mol. The van der Waals surface area contributed by atoms with Crippen LogP contribution in [-0.2, 0) is 4.79 Å². The lowest BCUT2D eigenvalue weighted by Crippen LogP contribution is -2.35. The third kappa shape index (κ3) is 2.68. The lowest BCUT2D eigenvalue weighted by molar-refractivity contribution is -0.133. The van der Waals surface area contributed by atoms with E-state index in [4.69, 9.17) is 0 Å². The van der Waals surface area contributed by atoms with E-state index in [-0.39, 0.29) is 5.92 Å². The summed E-state index contributed by atoms with van der Waals surface area (Å²) in [6, 6.07) is 2.08. The average molecular weight is 338 g/mol. The van der Waals surface area contributed by atoms with Gasteiger partial charge in [-0.2, -0.15) is 0 Å². The first-order valence-electron chi connectivity index (χ1n) is 7.31. The molecule has 4 nitrogen and oxygen atoms in total. The van der Waals surface area contributed by atoms with Gasteiger partial charge in [-0.05, 0) is 53.7 Å². The fraction of sp³-hybridized carbons (Fsp3) is 0.600. The lowest BCUT2D eigenvalue weighted by Gasteiger charge is -2.22. The third-order valence-electron chi connectivity index (χ3n) is 4.27. The van der Waals surface area contributed by atoms with Gasteiger partial charge in [-0.1, -0.05) is 0 Å². The first kappa shape index (κ1) is 13.9. The molecule has 5 heteroatoms. The number of hydrogen-bond acceptors (Lipinski definition) is 3. The molecule has 0 bridgehead atoms. The van der Waals surface area contributed by atoms with Crippen LogP contribution < -0.4 is 4.90 Å². The number of carbonyl (C=O) groups excluding carboxylic acids is 1. The molecule has 0 aliphatic carbocycles. The molecule has 0 spiro atoms. The van der Waals surface area contributed by atoms with Crippen molar-refractivity contribution in [3.63, 3.8) is 0 Å². The maximum atomic E-state index is 12.4. The highest BCUT2D eigenvalue weighted by atomic mass is 79.9. The standard InChI is InChI=1S/C15H20BrN3O/c1-11-8-13(16)9-17-14(11)19-7-4-12(10-19)15(20)18-5-2-3-6-18/h8-9,12H,2-7,10H2,1H3. The summed E-state index contributed by atoms with van der Waals surface area (Å²) >= 11 is 3.44. The van der Waals surface area contributed by atoms with Gasteiger partial charge >= 0.3 is 0 Å². The van der Waals surface area contributed by atoms with Gasteiger partial charge in [0.05, 0.1) is 5.92 Å². The Labute approximate surface area is 128 Å². The van der Waals surface area contributed by atoms with Crippen molar-refractivity contribution in [1.82, 2.24) is 9.88 Å². The molecule has 2 saturated heterocycles. The fourth-order valence-corrected chi connectivity index (χ4v) is 3.66. The smallest absolute Gasteiger partial charge is 0.227 e. The Bertz CT molecular complexity index is 514. The number of halogens is 1. The van der Waals surface area contributed by atoms with Gasteiger partial charge in [0.2, 0.25) is 5.91 Å². The Morgan fingerprint density at radius 3 is 2.80 bits per heavy atom. The van der Waals surface area contributed by atoms with Crippen molar-refractivity contribution in [1.29, 1.82) is 0 Å². The maximum Gasteiger partial charge on any atom is 0.227 e. The van der Waals surface area contributed by atoms with Gasteiger partial charge in [-0.15, -0.1) is 0 Å². The Morgan fingerprint density at radius 2 is 2.10 bits per heavy atom. The number of nitrogens with zero attached hydrogens (tertiary/aromatic N) is 3. The molecule has 2 fully saturated rings. The molecule has 0 saturated carbocycles. The fourth-order valence-electron chi connectivity index (χ4n) is 3.21. The largest absolute Gasteiger partial charge is 0.356 e. The van der Waals surface area contributed by atoms with Gasteiger partial charge in [-0.25, -0.2) is 4.98 Å². The zero-order valence-corrected chi connectivity index (χ0v) is 13.4. The Morgan fingerprint density at radius 1 is 1.35 bits per heavy atom. The number of anilines is 1. The molecule has 1 amide bonds. The first-order valence-corrected chi connectivity index (χ1v) is 8.10. The molecule has 1 unspecified atom stereocenters. The number of aromatic nitrogens is 1. The Hall–Kier alpha value is -1.10. The van der Waals surface area contributed by atoms with Gasteiger partial charge in [0.15, 0.2) is 0 Å². The number of hydrogen-bond donors (Lipinski definition) is 0. The summed E-state index contributed by atoms with van der Waals surface area (Å²) in [6.07, 6.45) is 5.11. The van der Waals surface area contributed by atoms with Gasteiger partial charge in [-0.3, -0.25) is 4.79 Å². The summed E-state index contributed by atoms with van der Waals surface area (Å²) in [6.45, 7) is 5.71. The first-order chi connectivity index (χ1) is 9.65. The second kappa shape index (κ2) is 5.72. The van der Waals surface area contributed by atoms with Crippen LogP contribution >= 0.6 is 15.9 Å². The summed E-state index contributed by atoms with van der Waals surface area (Å²) in [4.78, 5) is 21.2. The van der Waals surface area contributed by atoms with Crippen molar-refractivity contribution in [3.05, 3.63) is 22.3 Å². The zero-order valence-electron chi connectivity index (χ0n) is 11.8. The maximum absolute atomic E-state index is 12.4. The highest BCUT2D eigenvalue weighted by Crippen LogP contribution is 2.28. The predicted molar refractivity (Wildman–Crippen MR) is 82.8 cm³/mol. The van der Waals surface area contributed by atoms with E-state index in [9.17, 15) is 4.79 Å². The molecular formula is C15H20BrN3O. The summed E-state index contributed by atoms with van der Waals surface area (Å²) in [5, 5.41) is 0. The summed E-state index contributed by atoms with van der Waals surface area (Å²) in [7, 11) is 0. The summed E-state index contributed by atoms with van der Waals surface area (Å²) in [5.41, 5.74) is 1.16. The summed E-state index contributed by atoms with van der Waals surface area (Å²) < 4.78 is 1.00. The zero-order chi connectivity index (χ0) is 14.1. The van der Waals surface area contributed by atoms with Crippen molar-refractivity contribution in [3.8, 4) is 0 Å². The minimum atomic E-state index is 0.151. The molecule has 3 heterocycles. The number of carbonyl (C=O) groups is 1. The van der Waals surface area contributed by atoms with E-state index in [2.05, 4.69) is 38.8 Å². The number of pyridine rings is 1. The lowest BCUT2D eigenvalue weighted by atomic mass is 10.1. The van der Waals surface area contributed by atoms with Gasteiger partial charge in [0.25, 0.3) is 0 Å². The van der Waals surface area contributed by atoms with Crippen LogP contribution in [0.1, 0.15) is 24.8 Å². The molecule has 2 aliphatic heterocycles. The van der Waals surface area contributed by atoms with Crippen molar-refractivity contribution < 1.29 is 4.79 Å². The van der Waals surface area contributed by atoms with Crippen molar-refractivity contribution in [2.45, 2.75) is 26.2 Å². The molecule has 0 aromatic carbocycles. The normalized spacial score (nSPS) is 22.6. The quantitative estimate of drug-likeness (QED) is 0.832. The molecule has 0 radical (unpaired) electrons. The van der Waals surface area contributed by atoms with E-state index in [0.29, 0.717) is 5.91 Å². The number of amides is 1. The SMILES string of the molecule is Cc1cc(Br)cnc1N1CCC(C(=O)N2CCCC2)C1. The van der Waals surface area contributed by atoms with E-state index in [1.165, 1.54) is 0 Å². The monoisotopic (exact) mass is 337 g/mol. The van der Waals surface area contributed by atoms with Crippen LogP contribution in [0.3, 0.4) is 0 Å². The van der Waals surface area contributed by atoms with Crippen LogP contribution in [0.25, 0.3) is 0 Å². The van der Waals surface area contributed by atoms with Crippen LogP contribution in [0.4, 0.5) is 5.82 Å². The van der Waals surface area contributed by atoms with Crippen LogP contribution in [0.2, 0.25) is 0 Å². The predicted octanol–water partition coefficient (Wildman–Crippen LogP) is 2.60. The average Bonchev–Trinajstić information content (AvgIpc) is 3.09. The van der Waals surface area contributed by atoms with E-state index >= 15 is 0 Å². The Balaban J connectivity index is 1.68. The van der Waals surface area contributed by atoms with E-state index in [1.54, 1.807) is 0 Å². The highest BCUT2D eigenvalue weighted by Gasteiger charge is 2.33. The second-order valence-corrected chi connectivity index (χ2v) is 6.67. The highest BCUT2D eigenvalue weighted by molar-refractivity contribution is 9.10. The molecule has 108 valence electrons. The molecule has 1 aromatic heterocycles. The van der Waals surface area contributed by atoms with Crippen molar-refractivity contribution in [2.75, 3.05) is 31.1 Å². The number of rotatable bonds is 2. The van der Waals surface area contributed by atoms with Crippen LogP contribution in [0, 0.1) is 12.8 Å². The minimum Gasteiger partial charge on any atom is -0.356 e. The summed E-state index contributed by atoms with van der Waals surface area (Å²) in [5.74, 6) is 1.52. The van der Waals surface area contributed by atoms with Gasteiger partial charge in [0.1, 0.15) is 5.82 Å². The van der Waals surface area contributed by atoms with Crippen LogP contribution in [0.15, 0.2) is 16.7 Å². The van der Waals surface area contributed by atoms with Crippen molar-refractivity contribution in [2.24, 2.45) is 5.92 Å². The molecule has 2 aliphatic rings. The second-order valence-electron chi connectivity index (χ2n) is 5.76. The molecule has 0 N–H and O–H groups in total. The van der Waals surface area contributed by atoms with E-state index in [1.807, 2.05) is 11.1 Å². The number of aryl methyl sites for hydroxylation is 1. The third-order valence-corrected chi connectivity index (χ3v) is 4.71. The molecule has 20 heavy (non-hydrogen) atoms. The van der Waals surface area contributed by atoms with Crippen LogP contribution in [-0.4, -0.2) is 42.0 Å². The molecule has 1 aromatic rings. The van der Waals surface area contributed by atoms with Gasteiger partial charge < -0.3 is 9.80 Å². The minimum absolute atomic E-state index is 0.151. The Kier molecular flexibility index (Phi) is 3.96. The number of likely N-dealkylation sites (tertiary alicyclic amines) is 1. The van der Waals surface area contributed by atoms with E-state index < -0.39 is 0 Å². The van der Waals surface area contributed by atoms with E-state index in [0.717, 1.165) is 61.3 Å². The van der Waals surface area contributed by atoms with Gasteiger partial charge in [0, 0.05) is 36.8 Å². The topological polar surface area (TPSA) is 36.4 Å². The van der Waals surface area contributed by atoms with Crippen LogP contribution in [0.5, 0.6) is 0 Å². The van der Waals surface area contributed by atoms with Crippen molar-refractivity contribution >= 4 is 27.7 Å². The molecule has 1 atom stereocenters.